The van der Waals surface area contributed by atoms with Gasteiger partial charge in [0.15, 0.2) is 0 Å². The standard InChI is InChI=1S/C18H21BrN2S/c1-13-12-17(18(22)20-10-4-3-5-11-20)14(2)21(13)16-8-6-15(19)7-9-16/h6-9,12H,3-5,10-11H2,1-2H3. The molecule has 0 aliphatic carbocycles. The molecule has 1 aromatic heterocycles. The van der Waals surface area contributed by atoms with Crippen LogP contribution in [0.2, 0.25) is 0 Å². The molecule has 4 heteroatoms. The number of halogens is 1. The minimum atomic E-state index is 1.01. The summed E-state index contributed by atoms with van der Waals surface area (Å²) in [6.45, 7) is 6.51. The molecule has 1 aliphatic rings. The fraction of sp³-hybridized carbons (Fsp3) is 0.389. The first-order chi connectivity index (χ1) is 10.6. The van der Waals surface area contributed by atoms with Crippen LogP contribution in [0.5, 0.6) is 0 Å². The van der Waals surface area contributed by atoms with Crippen molar-refractivity contribution in [1.82, 2.24) is 9.47 Å². The van der Waals surface area contributed by atoms with E-state index in [2.05, 4.69) is 69.6 Å². The Balaban J connectivity index is 1.95. The van der Waals surface area contributed by atoms with E-state index in [0.29, 0.717) is 0 Å². The normalized spacial score (nSPS) is 15.1. The van der Waals surface area contributed by atoms with E-state index in [-0.39, 0.29) is 0 Å². The van der Waals surface area contributed by atoms with Crippen molar-refractivity contribution in [2.45, 2.75) is 33.1 Å². The molecule has 116 valence electrons. The number of rotatable bonds is 2. The lowest BCUT2D eigenvalue weighted by atomic mass is 10.1. The van der Waals surface area contributed by atoms with Gasteiger partial charge in [0.05, 0.1) is 0 Å². The summed E-state index contributed by atoms with van der Waals surface area (Å²) in [6, 6.07) is 10.7. The molecule has 1 aromatic carbocycles. The minimum Gasteiger partial charge on any atom is -0.362 e. The second-order valence-electron chi connectivity index (χ2n) is 5.95. The average Bonchev–Trinajstić information content (AvgIpc) is 2.83. The fourth-order valence-electron chi connectivity index (χ4n) is 3.23. The van der Waals surface area contributed by atoms with E-state index >= 15 is 0 Å². The van der Waals surface area contributed by atoms with E-state index in [1.807, 2.05) is 0 Å². The zero-order valence-corrected chi connectivity index (χ0v) is 15.5. The maximum atomic E-state index is 5.78. The predicted molar refractivity (Wildman–Crippen MR) is 100 cm³/mol. The van der Waals surface area contributed by atoms with Gasteiger partial charge in [-0.05, 0) is 63.4 Å². The Morgan fingerprint density at radius 3 is 2.32 bits per heavy atom. The summed E-state index contributed by atoms with van der Waals surface area (Å²) < 4.78 is 3.39. The van der Waals surface area contributed by atoms with E-state index in [9.17, 15) is 0 Å². The van der Waals surface area contributed by atoms with Crippen molar-refractivity contribution in [3.63, 3.8) is 0 Å². The number of aromatic nitrogens is 1. The summed E-state index contributed by atoms with van der Waals surface area (Å²) in [5.41, 5.74) is 4.85. The van der Waals surface area contributed by atoms with E-state index in [0.717, 1.165) is 22.6 Å². The van der Waals surface area contributed by atoms with E-state index in [1.165, 1.54) is 41.9 Å². The quantitative estimate of drug-likeness (QED) is 0.680. The van der Waals surface area contributed by atoms with Gasteiger partial charge < -0.3 is 9.47 Å². The Kier molecular flexibility index (Phi) is 4.69. The van der Waals surface area contributed by atoms with Gasteiger partial charge in [0.25, 0.3) is 0 Å². The fourth-order valence-corrected chi connectivity index (χ4v) is 3.89. The summed E-state index contributed by atoms with van der Waals surface area (Å²) >= 11 is 9.28. The van der Waals surface area contributed by atoms with Crippen LogP contribution in [0.25, 0.3) is 5.69 Å². The lowest BCUT2D eigenvalue weighted by Crippen LogP contribution is -2.35. The number of hydrogen-bond donors (Lipinski definition) is 0. The molecule has 0 amide bonds. The first-order valence-electron chi connectivity index (χ1n) is 7.82. The number of nitrogens with zero attached hydrogens (tertiary/aromatic N) is 2. The second-order valence-corrected chi connectivity index (χ2v) is 7.25. The molecular formula is C18H21BrN2S. The zero-order valence-electron chi connectivity index (χ0n) is 13.1. The molecule has 0 unspecified atom stereocenters. The topological polar surface area (TPSA) is 8.17 Å². The third-order valence-electron chi connectivity index (χ3n) is 4.39. The van der Waals surface area contributed by atoms with Gasteiger partial charge in [-0.25, -0.2) is 0 Å². The average molecular weight is 377 g/mol. The highest BCUT2D eigenvalue weighted by Crippen LogP contribution is 2.24. The Bertz CT molecular complexity index is 682. The van der Waals surface area contributed by atoms with Crippen molar-refractivity contribution in [2.24, 2.45) is 0 Å². The maximum absolute atomic E-state index is 5.78. The van der Waals surface area contributed by atoms with Gasteiger partial charge in [0.2, 0.25) is 0 Å². The molecule has 0 saturated carbocycles. The molecule has 0 radical (unpaired) electrons. The largest absolute Gasteiger partial charge is 0.362 e. The minimum absolute atomic E-state index is 1.01. The van der Waals surface area contributed by atoms with Gasteiger partial charge in [-0.15, -0.1) is 0 Å². The van der Waals surface area contributed by atoms with Crippen LogP contribution in [-0.2, 0) is 0 Å². The monoisotopic (exact) mass is 376 g/mol. The summed E-state index contributed by atoms with van der Waals surface area (Å²) in [6.07, 6.45) is 3.84. The first-order valence-corrected chi connectivity index (χ1v) is 9.02. The molecule has 0 atom stereocenters. The molecule has 2 aromatic rings. The number of thiocarbonyl (C=S) groups is 1. The third kappa shape index (κ3) is 2.99. The maximum Gasteiger partial charge on any atom is 0.111 e. The molecule has 1 aliphatic heterocycles. The van der Waals surface area contributed by atoms with Gasteiger partial charge >= 0.3 is 0 Å². The van der Waals surface area contributed by atoms with Crippen LogP contribution in [0.1, 0.15) is 36.2 Å². The number of hydrogen-bond acceptors (Lipinski definition) is 1. The smallest absolute Gasteiger partial charge is 0.111 e. The molecule has 1 fully saturated rings. The predicted octanol–water partition coefficient (Wildman–Crippen LogP) is 5.02. The van der Waals surface area contributed by atoms with Crippen molar-refractivity contribution in [3.05, 3.63) is 51.8 Å². The van der Waals surface area contributed by atoms with Crippen LogP contribution in [-0.4, -0.2) is 27.5 Å². The van der Waals surface area contributed by atoms with Crippen LogP contribution in [0, 0.1) is 13.8 Å². The van der Waals surface area contributed by atoms with Crippen LogP contribution in [0.15, 0.2) is 34.8 Å². The van der Waals surface area contributed by atoms with Crippen molar-refractivity contribution in [2.75, 3.05) is 13.1 Å². The second kappa shape index (κ2) is 6.55. The summed E-state index contributed by atoms with van der Waals surface area (Å²) in [4.78, 5) is 3.38. The van der Waals surface area contributed by atoms with Gasteiger partial charge in [-0.1, -0.05) is 28.1 Å². The van der Waals surface area contributed by atoms with Crippen LogP contribution in [0.3, 0.4) is 0 Å². The SMILES string of the molecule is Cc1cc(C(=S)N2CCCCC2)c(C)n1-c1ccc(Br)cc1. The molecule has 2 nitrogen and oxygen atoms in total. The highest BCUT2D eigenvalue weighted by molar-refractivity contribution is 9.10. The number of likely N-dealkylation sites (tertiary alicyclic amines) is 1. The first kappa shape index (κ1) is 15.8. The van der Waals surface area contributed by atoms with Crippen molar-refractivity contribution in [3.8, 4) is 5.69 Å². The Morgan fingerprint density at radius 2 is 1.68 bits per heavy atom. The molecule has 0 N–H and O–H groups in total. The molecule has 2 heterocycles. The van der Waals surface area contributed by atoms with Crippen molar-refractivity contribution in [1.29, 1.82) is 0 Å². The molecular weight excluding hydrogens is 356 g/mol. The van der Waals surface area contributed by atoms with E-state index in [4.69, 9.17) is 12.2 Å². The van der Waals surface area contributed by atoms with Gasteiger partial charge in [-0.3, -0.25) is 0 Å². The number of piperidine rings is 1. The number of benzene rings is 1. The number of aryl methyl sites for hydroxylation is 1. The Hall–Kier alpha value is -1.13. The van der Waals surface area contributed by atoms with Crippen LogP contribution < -0.4 is 0 Å². The van der Waals surface area contributed by atoms with Crippen molar-refractivity contribution >= 4 is 33.1 Å². The highest BCUT2D eigenvalue weighted by atomic mass is 79.9. The Labute approximate surface area is 146 Å². The molecule has 3 rings (SSSR count). The lowest BCUT2D eigenvalue weighted by Gasteiger charge is -2.29. The molecule has 22 heavy (non-hydrogen) atoms. The molecule has 0 bridgehead atoms. The summed E-state index contributed by atoms with van der Waals surface area (Å²) in [5, 5.41) is 0. The molecule has 0 spiro atoms. The van der Waals surface area contributed by atoms with E-state index in [1.54, 1.807) is 0 Å². The van der Waals surface area contributed by atoms with Crippen LogP contribution >= 0.6 is 28.1 Å². The third-order valence-corrected chi connectivity index (χ3v) is 5.40. The summed E-state index contributed by atoms with van der Waals surface area (Å²) in [5.74, 6) is 0. The lowest BCUT2D eigenvalue weighted by molar-refractivity contribution is 0.347. The zero-order chi connectivity index (χ0) is 15.7. The van der Waals surface area contributed by atoms with Crippen LogP contribution in [0.4, 0.5) is 0 Å². The van der Waals surface area contributed by atoms with E-state index < -0.39 is 0 Å². The molecule has 1 saturated heterocycles. The highest BCUT2D eigenvalue weighted by Gasteiger charge is 2.20. The van der Waals surface area contributed by atoms with Gasteiger partial charge in [0, 0.05) is 40.2 Å². The van der Waals surface area contributed by atoms with Crippen molar-refractivity contribution < 1.29 is 0 Å². The van der Waals surface area contributed by atoms with Gasteiger partial charge in [-0.2, -0.15) is 0 Å². The summed E-state index contributed by atoms with van der Waals surface area (Å²) in [7, 11) is 0. The van der Waals surface area contributed by atoms with Gasteiger partial charge in [0.1, 0.15) is 4.99 Å². The Morgan fingerprint density at radius 1 is 1.05 bits per heavy atom.